The van der Waals surface area contributed by atoms with Gasteiger partial charge in [-0.1, -0.05) is 32.1 Å². The van der Waals surface area contributed by atoms with E-state index >= 15 is 4.39 Å². The average Bonchev–Trinajstić information content (AvgIpc) is 3.44. The van der Waals surface area contributed by atoms with E-state index in [2.05, 4.69) is 20.9 Å². The van der Waals surface area contributed by atoms with Gasteiger partial charge in [-0.3, -0.25) is 0 Å². The average molecular weight is 464 g/mol. The molecule has 1 saturated heterocycles. The predicted octanol–water partition coefficient (Wildman–Crippen LogP) is 1.47. The van der Waals surface area contributed by atoms with Crippen molar-refractivity contribution in [2.45, 2.75) is 68.9 Å². The predicted molar refractivity (Wildman–Crippen MR) is 118 cm³/mol. The van der Waals surface area contributed by atoms with Crippen LogP contribution in [0, 0.1) is 18.3 Å². The molecule has 0 radical (unpaired) electrons. The summed E-state index contributed by atoms with van der Waals surface area (Å²) in [5.41, 5.74) is 1.34. The number of hydrogen-bond acceptors (Lipinski definition) is 8. The molecular formula is C22H30FN5O5. The Morgan fingerprint density at radius 3 is 2.85 bits per heavy atom. The number of nitrogen functional groups attached to an aromatic ring is 1. The van der Waals surface area contributed by atoms with E-state index in [1.54, 1.807) is 0 Å². The van der Waals surface area contributed by atoms with Crippen molar-refractivity contribution in [2.75, 3.05) is 18.9 Å². The Hall–Kier alpha value is -2.81. The zero-order chi connectivity index (χ0) is 24.2. The third-order valence-corrected chi connectivity index (χ3v) is 6.46. The SMILES string of the molecule is C#CC(O)(CC(F)(C(=O)O)C1CCOC1CO)[C@@H](CCCCC)n1cnc2c(N)ncnc21. The Labute approximate surface area is 191 Å². The molecule has 33 heavy (non-hydrogen) atoms. The van der Waals surface area contributed by atoms with E-state index in [0.717, 1.165) is 12.8 Å². The second kappa shape index (κ2) is 9.99. The molecule has 0 aliphatic carbocycles. The third kappa shape index (κ3) is 4.64. The number of rotatable bonds is 11. The molecule has 2 aromatic rings. The second-order valence-corrected chi connectivity index (χ2v) is 8.49. The number of alkyl halides is 1. The van der Waals surface area contributed by atoms with Crippen LogP contribution in [-0.2, 0) is 9.53 Å². The van der Waals surface area contributed by atoms with Crippen molar-refractivity contribution in [1.29, 1.82) is 0 Å². The molecule has 3 heterocycles. The number of aliphatic hydroxyl groups excluding tert-OH is 1. The Balaban J connectivity index is 2.06. The molecular weight excluding hydrogens is 433 g/mol. The molecule has 1 aliphatic rings. The highest BCUT2D eigenvalue weighted by atomic mass is 19.1. The molecule has 4 unspecified atom stereocenters. The Morgan fingerprint density at radius 2 is 2.21 bits per heavy atom. The van der Waals surface area contributed by atoms with Crippen molar-refractivity contribution in [3.63, 3.8) is 0 Å². The minimum absolute atomic E-state index is 0.0763. The highest BCUT2D eigenvalue weighted by Gasteiger charge is 2.57. The molecule has 2 aromatic heterocycles. The summed E-state index contributed by atoms with van der Waals surface area (Å²) in [6.45, 7) is 1.57. The smallest absolute Gasteiger partial charge is 0.342 e. The maximum absolute atomic E-state index is 16.2. The lowest BCUT2D eigenvalue weighted by Gasteiger charge is -2.39. The molecule has 180 valence electrons. The number of nitrogens with two attached hydrogens (primary N) is 1. The zero-order valence-electron chi connectivity index (χ0n) is 18.5. The maximum Gasteiger partial charge on any atom is 0.342 e. The van der Waals surface area contributed by atoms with Crippen molar-refractivity contribution in [2.24, 2.45) is 5.92 Å². The van der Waals surface area contributed by atoms with Crippen LogP contribution >= 0.6 is 0 Å². The lowest BCUT2D eigenvalue weighted by atomic mass is 9.73. The number of aromatic nitrogens is 4. The van der Waals surface area contributed by atoms with Gasteiger partial charge in [-0.05, 0) is 12.8 Å². The number of nitrogens with zero attached hydrogens (tertiary/aromatic N) is 4. The van der Waals surface area contributed by atoms with Crippen LogP contribution in [0.25, 0.3) is 11.2 Å². The molecule has 1 aliphatic heterocycles. The Kier molecular flexibility index (Phi) is 7.51. The van der Waals surface area contributed by atoms with Gasteiger partial charge < -0.3 is 30.4 Å². The first-order valence-corrected chi connectivity index (χ1v) is 11.0. The number of imidazole rings is 1. The van der Waals surface area contributed by atoms with Gasteiger partial charge in [0.05, 0.1) is 25.1 Å². The first-order valence-electron chi connectivity index (χ1n) is 11.0. The van der Waals surface area contributed by atoms with Gasteiger partial charge >= 0.3 is 5.97 Å². The van der Waals surface area contributed by atoms with Crippen LogP contribution in [0.2, 0.25) is 0 Å². The quantitative estimate of drug-likeness (QED) is 0.286. The van der Waals surface area contributed by atoms with E-state index in [4.69, 9.17) is 16.9 Å². The fraction of sp³-hybridized carbons (Fsp3) is 0.636. The van der Waals surface area contributed by atoms with Crippen LogP contribution in [0.4, 0.5) is 10.2 Å². The van der Waals surface area contributed by atoms with Crippen LogP contribution in [0.5, 0.6) is 0 Å². The largest absolute Gasteiger partial charge is 0.479 e. The molecule has 5 atom stereocenters. The van der Waals surface area contributed by atoms with E-state index in [9.17, 15) is 20.1 Å². The third-order valence-electron chi connectivity index (χ3n) is 6.46. The minimum Gasteiger partial charge on any atom is -0.479 e. The lowest BCUT2D eigenvalue weighted by molar-refractivity contribution is -0.164. The molecule has 3 rings (SSSR count). The van der Waals surface area contributed by atoms with Gasteiger partial charge in [0, 0.05) is 18.9 Å². The van der Waals surface area contributed by atoms with Crippen LogP contribution in [-0.4, -0.2) is 71.4 Å². The summed E-state index contributed by atoms with van der Waals surface area (Å²) in [7, 11) is 0. The van der Waals surface area contributed by atoms with Gasteiger partial charge in [0.2, 0.25) is 5.67 Å². The summed E-state index contributed by atoms with van der Waals surface area (Å²) in [5.74, 6) is -0.537. The summed E-state index contributed by atoms with van der Waals surface area (Å²) < 4.78 is 23.0. The van der Waals surface area contributed by atoms with Crippen LogP contribution in [0.1, 0.15) is 51.5 Å². The van der Waals surface area contributed by atoms with E-state index < -0.39 is 48.3 Å². The van der Waals surface area contributed by atoms with Crippen LogP contribution in [0.3, 0.4) is 0 Å². The summed E-state index contributed by atoms with van der Waals surface area (Å²) in [4.78, 5) is 24.5. The number of carboxylic acids is 1. The Bertz CT molecular complexity index is 1030. The topological polar surface area (TPSA) is 157 Å². The molecule has 0 saturated carbocycles. The van der Waals surface area contributed by atoms with Gasteiger partial charge in [-0.2, -0.15) is 0 Å². The number of halogens is 1. The number of hydrogen-bond donors (Lipinski definition) is 4. The van der Waals surface area contributed by atoms with Gasteiger partial charge in [0.15, 0.2) is 11.5 Å². The number of carbonyl (C=O) groups is 1. The molecule has 11 heteroatoms. The van der Waals surface area contributed by atoms with E-state index in [1.165, 1.54) is 17.2 Å². The van der Waals surface area contributed by atoms with Crippen molar-refractivity contribution in [3.05, 3.63) is 12.7 Å². The molecule has 0 spiro atoms. The highest BCUT2D eigenvalue weighted by Crippen LogP contribution is 2.44. The van der Waals surface area contributed by atoms with Crippen molar-refractivity contribution in [1.82, 2.24) is 19.5 Å². The number of ether oxygens (including phenoxy) is 1. The summed E-state index contributed by atoms with van der Waals surface area (Å²) in [6, 6.07) is -0.933. The highest BCUT2D eigenvalue weighted by molar-refractivity contribution is 5.81. The normalized spacial score (nSPS) is 23.0. The standard InChI is InChI=1S/C22H30FN5O5/c1-3-5-6-7-16(28-13-27-17-18(24)25-12-26-19(17)28)21(32,4-2)11-22(23,20(30)31)14-8-9-33-15(14)10-29/h2,12-16,29,32H,3,5-11H2,1H3,(H,30,31)(H2,24,25,26)/t14?,15?,16-,21?,22?/m1/s1. The number of terminal acetylenes is 1. The molecule has 5 N–H and O–H groups in total. The van der Waals surface area contributed by atoms with Gasteiger partial charge in [-0.25, -0.2) is 24.1 Å². The molecule has 10 nitrogen and oxygen atoms in total. The van der Waals surface area contributed by atoms with Crippen molar-refractivity contribution in [3.8, 4) is 12.3 Å². The van der Waals surface area contributed by atoms with E-state index in [0.29, 0.717) is 24.0 Å². The number of unbranched alkanes of at least 4 members (excludes halogenated alkanes) is 2. The summed E-state index contributed by atoms with van der Waals surface area (Å²) >= 11 is 0. The Morgan fingerprint density at radius 1 is 1.45 bits per heavy atom. The summed E-state index contributed by atoms with van der Waals surface area (Å²) in [5, 5.41) is 31.0. The van der Waals surface area contributed by atoms with E-state index in [-0.39, 0.29) is 18.8 Å². The van der Waals surface area contributed by atoms with Gasteiger partial charge in [0.25, 0.3) is 0 Å². The van der Waals surface area contributed by atoms with Gasteiger partial charge in [-0.15, -0.1) is 6.42 Å². The number of fused-ring (bicyclic) bond motifs is 1. The monoisotopic (exact) mass is 463 g/mol. The number of anilines is 1. The molecule has 0 amide bonds. The fourth-order valence-corrected chi connectivity index (χ4v) is 4.67. The molecule has 0 aromatic carbocycles. The molecule has 0 bridgehead atoms. The van der Waals surface area contributed by atoms with E-state index in [1.807, 2.05) is 6.92 Å². The second-order valence-electron chi connectivity index (χ2n) is 8.49. The van der Waals surface area contributed by atoms with Crippen LogP contribution in [0.15, 0.2) is 12.7 Å². The summed E-state index contributed by atoms with van der Waals surface area (Å²) in [6.07, 6.45) is 9.22. The van der Waals surface area contributed by atoms with Crippen molar-refractivity contribution >= 4 is 23.0 Å². The molecule has 1 fully saturated rings. The van der Waals surface area contributed by atoms with Gasteiger partial charge in [0.1, 0.15) is 17.4 Å². The zero-order valence-corrected chi connectivity index (χ0v) is 18.5. The maximum atomic E-state index is 16.2. The number of carboxylic acid groups (broad SMARTS) is 1. The van der Waals surface area contributed by atoms with Crippen molar-refractivity contribution < 1.29 is 29.2 Å². The van der Waals surface area contributed by atoms with Crippen LogP contribution < -0.4 is 5.73 Å². The number of aliphatic hydroxyl groups is 2. The minimum atomic E-state index is -2.93. The number of aliphatic carboxylic acids is 1. The fourth-order valence-electron chi connectivity index (χ4n) is 4.67. The first kappa shape index (κ1) is 24.8. The lowest BCUT2D eigenvalue weighted by Crippen LogP contribution is -2.53. The first-order chi connectivity index (χ1) is 15.7.